The standard InChI is InChI=1S/C19H31N3O3S.ClH/c1-13-9-15(3)18(16(4)10-13)26(24,25)22-7-5-17(6-8-22)19(23)21-12-14(2)11-20;/h9-10,14,17H,5-8,11-12,20H2,1-4H3,(H,21,23);1H. The maximum atomic E-state index is 13.1. The van der Waals surface area contributed by atoms with E-state index < -0.39 is 10.0 Å². The van der Waals surface area contributed by atoms with Crippen molar-refractivity contribution in [3.05, 3.63) is 28.8 Å². The van der Waals surface area contributed by atoms with Crippen LogP contribution in [0.4, 0.5) is 0 Å². The number of piperidine rings is 1. The number of nitrogens with zero attached hydrogens (tertiary/aromatic N) is 1. The van der Waals surface area contributed by atoms with E-state index in [1.807, 2.05) is 39.8 Å². The van der Waals surface area contributed by atoms with Gasteiger partial charge in [-0.25, -0.2) is 8.42 Å². The second kappa shape index (κ2) is 9.87. The molecule has 27 heavy (non-hydrogen) atoms. The Morgan fingerprint density at radius 3 is 2.22 bits per heavy atom. The Morgan fingerprint density at radius 2 is 1.74 bits per heavy atom. The minimum Gasteiger partial charge on any atom is -0.356 e. The van der Waals surface area contributed by atoms with Crippen molar-refractivity contribution < 1.29 is 13.2 Å². The number of halogens is 1. The topological polar surface area (TPSA) is 92.5 Å². The molecule has 1 aliphatic rings. The number of carbonyl (C=O) groups excluding carboxylic acids is 1. The molecule has 1 aromatic rings. The normalized spacial score (nSPS) is 17.2. The highest BCUT2D eigenvalue weighted by molar-refractivity contribution is 7.89. The molecule has 0 aromatic heterocycles. The first-order chi connectivity index (χ1) is 12.2. The zero-order valence-corrected chi connectivity index (χ0v) is 18.3. The van der Waals surface area contributed by atoms with Crippen LogP contribution >= 0.6 is 12.4 Å². The van der Waals surface area contributed by atoms with Gasteiger partial charge in [0.15, 0.2) is 0 Å². The summed E-state index contributed by atoms with van der Waals surface area (Å²) in [5, 5.41) is 2.93. The third-order valence-corrected chi connectivity index (χ3v) is 7.26. The first-order valence-electron chi connectivity index (χ1n) is 9.22. The molecule has 1 fully saturated rings. The average Bonchev–Trinajstić information content (AvgIpc) is 2.58. The first kappa shape index (κ1) is 23.9. The van der Waals surface area contributed by atoms with E-state index in [1.54, 1.807) is 0 Å². The van der Waals surface area contributed by atoms with Gasteiger partial charge in [0.05, 0.1) is 4.90 Å². The lowest BCUT2D eigenvalue weighted by molar-refractivity contribution is -0.126. The third-order valence-electron chi connectivity index (χ3n) is 5.05. The molecular formula is C19H32ClN3O3S. The number of carbonyl (C=O) groups is 1. The maximum absolute atomic E-state index is 13.1. The SMILES string of the molecule is Cc1cc(C)c(S(=O)(=O)N2CCC(C(=O)NCC(C)CN)CC2)c(C)c1.Cl. The quantitative estimate of drug-likeness (QED) is 0.741. The lowest BCUT2D eigenvalue weighted by Crippen LogP contribution is -2.44. The molecule has 0 bridgehead atoms. The van der Waals surface area contributed by atoms with Gasteiger partial charge < -0.3 is 11.1 Å². The Hall–Kier alpha value is -1.15. The molecule has 3 N–H and O–H groups in total. The fraction of sp³-hybridized carbons (Fsp3) is 0.632. The molecule has 1 heterocycles. The van der Waals surface area contributed by atoms with E-state index in [0.29, 0.717) is 43.9 Å². The summed E-state index contributed by atoms with van der Waals surface area (Å²) in [5.74, 6) is 0.114. The average molecular weight is 418 g/mol. The largest absolute Gasteiger partial charge is 0.356 e. The van der Waals surface area contributed by atoms with Gasteiger partial charge >= 0.3 is 0 Å². The fourth-order valence-electron chi connectivity index (χ4n) is 3.56. The highest BCUT2D eigenvalue weighted by Gasteiger charge is 2.33. The highest BCUT2D eigenvalue weighted by atomic mass is 35.5. The van der Waals surface area contributed by atoms with Gasteiger partial charge in [0.2, 0.25) is 15.9 Å². The van der Waals surface area contributed by atoms with Crippen LogP contribution in [-0.2, 0) is 14.8 Å². The predicted octanol–water partition coefficient (Wildman–Crippen LogP) is 2.15. The molecule has 6 nitrogen and oxygen atoms in total. The number of aryl methyl sites for hydroxylation is 3. The van der Waals surface area contributed by atoms with Crippen molar-refractivity contribution in [3.8, 4) is 0 Å². The number of sulfonamides is 1. The van der Waals surface area contributed by atoms with Gasteiger partial charge in [-0.05, 0) is 57.2 Å². The molecule has 0 saturated carbocycles. The molecule has 1 atom stereocenters. The van der Waals surface area contributed by atoms with E-state index in [9.17, 15) is 13.2 Å². The van der Waals surface area contributed by atoms with Crippen LogP contribution in [0.25, 0.3) is 0 Å². The van der Waals surface area contributed by atoms with Crippen LogP contribution < -0.4 is 11.1 Å². The number of amides is 1. The molecule has 1 aliphatic heterocycles. The van der Waals surface area contributed by atoms with Gasteiger partial charge in [-0.1, -0.05) is 24.6 Å². The third kappa shape index (κ3) is 5.67. The van der Waals surface area contributed by atoms with Crippen LogP contribution in [0.3, 0.4) is 0 Å². The molecule has 1 amide bonds. The number of nitrogens with two attached hydrogens (primary N) is 1. The molecule has 1 unspecified atom stereocenters. The van der Waals surface area contributed by atoms with Crippen LogP contribution in [0.5, 0.6) is 0 Å². The Balaban J connectivity index is 0.00000364. The molecular weight excluding hydrogens is 386 g/mol. The van der Waals surface area contributed by atoms with Crippen molar-refractivity contribution >= 4 is 28.3 Å². The summed E-state index contributed by atoms with van der Waals surface area (Å²) in [6, 6.07) is 3.80. The second-order valence-corrected chi connectivity index (χ2v) is 9.37. The van der Waals surface area contributed by atoms with Gasteiger partial charge in [0, 0.05) is 25.6 Å². The molecule has 1 aromatic carbocycles. The monoisotopic (exact) mass is 417 g/mol. The van der Waals surface area contributed by atoms with Gasteiger partial charge in [0.25, 0.3) is 0 Å². The van der Waals surface area contributed by atoms with E-state index in [0.717, 1.165) is 16.7 Å². The van der Waals surface area contributed by atoms with E-state index in [1.165, 1.54) is 4.31 Å². The van der Waals surface area contributed by atoms with Crippen LogP contribution in [-0.4, -0.2) is 44.8 Å². The Bertz CT molecular complexity index is 736. The zero-order chi connectivity index (χ0) is 19.5. The van der Waals surface area contributed by atoms with Crippen molar-refractivity contribution in [2.45, 2.75) is 45.4 Å². The molecule has 154 valence electrons. The van der Waals surface area contributed by atoms with Crippen molar-refractivity contribution in [3.63, 3.8) is 0 Å². The summed E-state index contributed by atoms with van der Waals surface area (Å²) in [6.07, 6.45) is 1.10. The van der Waals surface area contributed by atoms with Gasteiger partial charge in [0.1, 0.15) is 0 Å². The first-order valence-corrected chi connectivity index (χ1v) is 10.7. The van der Waals surface area contributed by atoms with Crippen LogP contribution in [0, 0.1) is 32.6 Å². The van der Waals surface area contributed by atoms with Crippen molar-refractivity contribution in [2.75, 3.05) is 26.2 Å². The molecule has 0 spiro atoms. The van der Waals surface area contributed by atoms with Crippen molar-refractivity contribution in [2.24, 2.45) is 17.6 Å². The Labute approximate surface area is 169 Å². The summed E-state index contributed by atoms with van der Waals surface area (Å²) < 4.78 is 27.7. The minimum atomic E-state index is -3.53. The van der Waals surface area contributed by atoms with Crippen molar-refractivity contribution in [1.29, 1.82) is 0 Å². The number of hydrogen-bond acceptors (Lipinski definition) is 4. The zero-order valence-electron chi connectivity index (χ0n) is 16.6. The van der Waals surface area contributed by atoms with Crippen molar-refractivity contribution in [1.82, 2.24) is 9.62 Å². The Morgan fingerprint density at radius 1 is 1.22 bits per heavy atom. The molecule has 8 heteroatoms. The molecule has 1 saturated heterocycles. The number of nitrogens with one attached hydrogen (secondary N) is 1. The number of hydrogen-bond donors (Lipinski definition) is 2. The van der Waals surface area contributed by atoms with Gasteiger partial charge in [-0.3, -0.25) is 4.79 Å². The van der Waals surface area contributed by atoms with E-state index in [2.05, 4.69) is 5.32 Å². The maximum Gasteiger partial charge on any atom is 0.243 e. The highest BCUT2D eigenvalue weighted by Crippen LogP contribution is 2.28. The van der Waals surface area contributed by atoms with E-state index in [4.69, 9.17) is 5.73 Å². The minimum absolute atomic E-state index is 0. The lowest BCUT2D eigenvalue weighted by Gasteiger charge is -2.31. The molecule has 0 radical (unpaired) electrons. The summed E-state index contributed by atoms with van der Waals surface area (Å²) in [7, 11) is -3.53. The summed E-state index contributed by atoms with van der Waals surface area (Å²) in [5.41, 5.74) is 8.18. The Kier molecular flexibility index (Phi) is 8.73. The lowest BCUT2D eigenvalue weighted by atomic mass is 9.97. The van der Waals surface area contributed by atoms with Gasteiger partial charge in [-0.2, -0.15) is 4.31 Å². The summed E-state index contributed by atoms with van der Waals surface area (Å²) in [4.78, 5) is 12.7. The van der Waals surface area contributed by atoms with Crippen LogP contribution in [0.2, 0.25) is 0 Å². The van der Waals surface area contributed by atoms with Crippen LogP contribution in [0.15, 0.2) is 17.0 Å². The van der Waals surface area contributed by atoms with E-state index >= 15 is 0 Å². The second-order valence-electron chi connectivity index (χ2n) is 7.49. The smallest absolute Gasteiger partial charge is 0.243 e. The predicted molar refractivity (Wildman–Crippen MR) is 111 cm³/mol. The van der Waals surface area contributed by atoms with Gasteiger partial charge in [-0.15, -0.1) is 12.4 Å². The number of benzene rings is 1. The summed E-state index contributed by atoms with van der Waals surface area (Å²) in [6.45, 7) is 9.48. The van der Waals surface area contributed by atoms with E-state index in [-0.39, 0.29) is 30.2 Å². The van der Waals surface area contributed by atoms with Crippen LogP contribution in [0.1, 0.15) is 36.5 Å². The molecule has 0 aliphatic carbocycles. The molecule has 2 rings (SSSR count). The fourth-order valence-corrected chi connectivity index (χ4v) is 5.44. The number of rotatable bonds is 6. The summed E-state index contributed by atoms with van der Waals surface area (Å²) >= 11 is 0.